The molecule has 8 atom stereocenters. The zero-order valence-corrected chi connectivity index (χ0v) is 22.1. The number of aromatic hydroxyl groups is 1. The van der Waals surface area contributed by atoms with Crippen LogP contribution in [0.15, 0.2) is 12.1 Å². The third kappa shape index (κ3) is 3.76. The summed E-state index contributed by atoms with van der Waals surface area (Å²) in [4.78, 5) is 93.2. The highest BCUT2D eigenvalue weighted by molar-refractivity contribution is 6.32. The predicted octanol–water partition coefficient (Wildman–Crippen LogP) is -0.438. The van der Waals surface area contributed by atoms with Gasteiger partial charge in [-0.3, -0.25) is 38.5 Å². The van der Waals surface area contributed by atoms with Crippen LogP contribution in [0.3, 0.4) is 0 Å². The summed E-state index contributed by atoms with van der Waals surface area (Å²) in [6.07, 6.45) is -1.63. The molecule has 208 valence electrons. The maximum atomic E-state index is 14.1. The number of hydrogen-bond donors (Lipinski definition) is 3. The van der Waals surface area contributed by atoms with E-state index in [9.17, 15) is 43.8 Å². The van der Waals surface area contributed by atoms with Crippen molar-refractivity contribution in [3.8, 4) is 5.75 Å². The molecule has 0 aromatic heterocycles. The molecule has 12 heteroatoms. The molecule has 1 amide bonds. The molecule has 4 N–H and O–H groups in total. The lowest BCUT2D eigenvalue weighted by Crippen LogP contribution is -2.78. The summed E-state index contributed by atoms with van der Waals surface area (Å²) >= 11 is 0. The summed E-state index contributed by atoms with van der Waals surface area (Å²) < 4.78 is 5.72. The van der Waals surface area contributed by atoms with Crippen LogP contribution in [0, 0.1) is 23.7 Å². The number of primary amides is 1. The smallest absolute Gasteiger partial charge is 0.305 e. The van der Waals surface area contributed by atoms with Crippen LogP contribution in [0.4, 0.5) is 0 Å². The highest BCUT2D eigenvalue weighted by Gasteiger charge is 2.74. The van der Waals surface area contributed by atoms with Crippen LogP contribution in [0.25, 0.3) is 0 Å². The Morgan fingerprint density at radius 3 is 2.23 bits per heavy atom. The van der Waals surface area contributed by atoms with Crippen molar-refractivity contribution in [3.63, 3.8) is 0 Å². The molecular formula is C27H30N2O10. The van der Waals surface area contributed by atoms with E-state index in [1.165, 1.54) is 45.0 Å². The topological polar surface area (TPSA) is 198 Å². The molecule has 4 rings (SSSR count). The predicted molar refractivity (Wildman–Crippen MR) is 132 cm³/mol. The molecule has 0 heterocycles. The average molecular weight is 543 g/mol. The minimum absolute atomic E-state index is 0.132. The van der Waals surface area contributed by atoms with Crippen LogP contribution >= 0.6 is 0 Å². The number of nitrogens with zero attached hydrogens (tertiary/aromatic N) is 1. The van der Waals surface area contributed by atoms with Gasteiger partial charge in [0.2, 0.25) is 5.91 Å². The number of Topliss-reactive ketones (excluding diaryl/α,β-unsaturated/α-hetero) is 5. The molecule has 2 fully saturated rings. The van der Waals surface area contributed by atoms with E-state index in [-0.39, 0.29) is 23.1 Å². The van der Waals surface area contributed by atoms with Gasteiger partial charge in [-0.05, 0) is 38.6 Å². The number of nitrogens with two attached hydrogens (primary N) is 1. The van der Waals surface area contributed by atoms with Gasteiger partial charge in [0.25, 0.3) is 0 Å². The number of hydrogen-bond acceptors (Lipinski definition) is 11. The first-order chi connectivity index (χ1) is 18.1. The van der Waals surface area contributed by atoms with E-state index in [2.05, 4.69) is 0 Å². The van der Waals surface area contributed by atoms with Crippen molar-refractivity contribution in [1.82, 2.24) is 4.90 Å². The van der Waals surface area contributed by atoms with E-state index in [1.807, 2.05) is 0 Å². The molecule has 1 aromatic rings. The van der Waals surface area contributed by atoms with Crippen molar-refractivity contribution < 1.29 is 48.5 Å². The van der Waals surface area contributed by atoms with E-state index in [0.717, 1.165) is 0 Å². The Morgan fingerprint density at radius 1 is 1.10 bits per heavy atom. The first-order valence-corrected chi connectivity index (χ1v) is 12.5. The Balaban J connectivity index is 2.04. The molecule has 0 radical (unpaired) electrons. The van der Waals surface area contributed by atoms with Crippen molar-refractivity contribution in [3.05, 3.63) is 28.8 Å². The number of rotatable bonds is 5. The van der Waals surface area contributed by atoms with E-state index in [1.54, 1.807) is 6.92 Å². The SMILES string of the molecule is CCC(=O)O[C@@H]1[C@@H]2C(C(=O)c3c(ccc(C(C)=O)c3O)[C@H]2C)C(=O)[C@@]2(O)C(=O)C(C(N)=O)C(=O)[C@H](N(C)C)[C@@H]12. The van der Waals surface area contributed by atoms with Crippen molar-refractivity contribution in [2.75, 3.05) is 14.1 Å². The van der Waals surface area contributed by atoms with Gasteiger partial charge in [-0.1, -0.05) is 19.9 Å². The summed E-state index contributed by atoms with van der Waals surface area (Å²) in [6, 6.07) is 1.34. The summed E-state index contributed by atoms with van der Waals surface area (Å²) in [5.41, 5.74) is 2.04. The lowest BCUT2D eigenvalue weighted by Gasteiger charge is -2.56. The second-order valence-electron chi connectivity index (χ2n) is 10.7. The standard InChI is InChI=1S/C27H30N2O10/c1-6-13(31)39-23-14-9(2)11-7-8-12(10(3)30)20(32)15(11)21(33)16(14)24(35)27(38)18(23)19(29(4)5)22(34)17(25(27)36)26(28)37/h7-9,14,16-19,23,32,38H,6H2,1-5H3,(H2,28,37)/t9-,14+,16?,17?,18+,19-,23-,27-/m1/s1. The van der Waals surface area contributed by atoms with E-state index in [0.29, 0.717) is 0 Å². The van der Waals surface area contributed by atoms with Crippen LogP contribution in [0.2, 0.25) is 0 Å². The van der Waals surface area contributed by atoms with Crippen molar-refractivity contribution in [2.45, 2.75) is 50.9 Å². The third-order valence-corrected chi connectivity index (χ3v) is 8.40. The molecule has 1 aromatic carbocycles. The molecule has 0 bridgehead atoms. The normalized spacial score (nSPS) is 33.8. The fraction of sp³-hybridized carbons (Fsp3) is 0.519. The van der Waals surface area contributed by atoms with Crippen LogP contribution in [-0.4, -0.2) is 87.7 Å². The van der Waals surface area contributed by atoms with Gasteiger partial charge in [-0.2, -0.15) is 0 Å². The first-order valence-electron chi connectivity index (χ1n) is 12.5. The van der Waals surface area contributed by atoms with Gasteiger partial charge in [0.15, 0.2) is 40.4 Å². The maximum Gasteiger partial charge on any atom is 0.305 e. The number of carbonyl (C=O) groups is 7. The fourth-order valence-electron chi connectivity index (χ4n) is 6.63. The van der Waals surface area contributed by atoms with Crippen molar-refractivity contribution >= 4 is 40.8 Å². The molecule has 39 heavy (non-hydrogen) atoms. The maximum absolute atomic E-state index is 14.1. The summed E-state index contributed by atoms with van der Waals surface area (Å²) in [7, 11) is 2.86. The Hall–Kier alpha value is -3.77. The van der Waals surface area contributed by atoms with Crippen LogP contribution in [0.1, 0.15) is 59.4 Å². The number of phenolic OH excluding ortho intramolecular Hbond substituents is 1. The Kier molecular flexibility index (Phi) is 6.85. The average Bonchev–Trinajstić information content (AvgIpc) is 2.84. The molecule has 3 aliphatic carbocycles. The fourth-order valence-corrected chi connectivity index (χ4v) is 6.63. The summed E-state index contributed by atoms with van der Waals surface area (Å²) in [5.74, 6) is -15.6. The molecule has 0 spiro atoms. The summed E-state index contributed by atoms with van der Waals surface area (Å²) in [6.45, 7) is 4.29. The zero-order chi connectivity index (χ0) is 29.3. The second-order valence-corrected chi connectivity index (χ2v) is 10.7. The monoisotopic (exact) mass is 542 g/mol. The molecule has 3 aliphatic rings. The molecule has 12 nitrogen and oxygen atoms in total. The highest BCUT2D eigenvalue weighted by Crippen LogP contribution is 2.55. The summed E-state index contributed by atoms with van der Waals surface area (Å²) in [5, 5.41) is 22.7. The number of ketones is 5. The molecule has 0 aliphatic heterocycles. The number of ether oxygens (including phenoxy) is 1. The Bertz CT molecular complexity index is 1350. The van der Waals surface area contributed by atoms with E-state index < -0.39 is 93.9 Å². The number of fused-ring (bicyclic) bond motifs is 3. The van der Waals surface area contributed by atoms with Gasteiger partial charge in [-0.15, -0.1) is 0 Å². The van der Waals surface area contributed by atoms with Gasteiger partial charge in [0.05, 0.1) is 29.0 Å². The third-order valence-electron chi connectivity index (χ3n) is 8.40. The lowest BCUT2D eigenvalue weighted by molar-refractivity contribution is -0.205. The van der Waals surface area contributed by atoms with Gasteiger partial charge in [0, 0.05) is 12.3 Å². The largest absolute Gasteiger partial charge is 0.506 e. The highest BCUT2D eigenvalue weighted by atomic mass is 16.5. The molecule has 2 unspecified atom stereocenters. The number of amides is 1. The van der Waals surface area contributed by atoms with Gasteiger partial charge in [0.1, 0.15) is 11.9 Å². The molecular weight excluding hydrogens is 512 g/mol. The lowest BCUT2D eigenvalue weighted by atomic mass is 9.49. The quantitative estimate of drug-likeness (QED) is 0.248. The van der Waals surface area contributed by atoms with Gasteiger partial charge >= 0.3 is 5.97 Å². The number of aliphatic hydroxyl groups is 1. The minimum Gasteiger partial charge on any atom is -0.506 e. The van der Waals surface area contributed by atoms with Gasteiger partial charge < -0.3 is 20.7 Å². The van der Waals surface area contributed by atoms with E-state index in [4.69, 9.17) is 10.5 Å². The Morgan fingerprint density at radius 2 is 1.72 bits per heavy atom. The number of benzene rings is 1. The van der Waals surface area contributed by atoms with E-state index >= 15 is 0 Å². The number of carbonyl (C=O) groups excluding carboxylic acids is 7. The van der Waals surface area contributed by atoms with Crippen LogP contribution in [0.5, 0.6) is 5.75 Å². The number of phenols is 1. The van der Waals surface area contributed by atoms with Crippen molar-refractivity contribution in [2.24, 2.45) is 29.4 Å². The van der Waals surface area contributed by atoms with Crippen LogP contribution in [-0.2, 0) is 28.7 Å². The van der Waals surface area contributed by atoms with Crippen LogP contribution < -0.4 is 5.73 Å². The van der Waals surface area contributed by atoms with Crippen molar-refractivity contribution in [1.29, 1.82) is 0 Å². The first kappa shape index (κ1) is 28.2. The Labute approximate surface area is 223 Å². The second kappa shape index (κ2) is 9.45. The number of esters is 1. The minimum atomic E-state index is -3.09. The van der Waals surface area contributed by atoms with Gasteiger partial charge in [-0.25, -0.2) is 0 Å². The number of likely N-dealkylation sites (N-methyl/N-ethyl adjacent to an activating group) is 1. The zero-order valence-electron chi connectivity index (χ0n) is 22.1. The molecule has 0 saturated heterocycles. The molecule has 2 saturated carbocycles.